The van der Waals surface area contributed by atoms with Gasteiger partial charge >= 0.3 is 5.97 Å². The highest BCUT2D eigenvalue weighted by Crippen LogP contribution is 2.68. The maximum Gasteiger partial charge on any atom is 0.303 e. The average molecular weight is 390 g/mol. The van der Waals surface area contributed by atoms with E-state index in [1.54, 1.807) is 6.08 Å². The molecule has 3 fully saturated rings. The lowest BCUT2D eigenvalue weighted by atomic mass is 9.45. The average Bonchev–Trinajstić information content (AvgIpc) is 2.88. The zero-order valence-electron chi connectivity index (χ0n) is 17.3. The van der Waals surface area contributed by atoms with Crippen LogP contribution in [-0.4, -0.2) is 29.3 Å². The van der Waals surface area contributed by atoms with Crippen molar-refractivity contribution in [2.75, 3.05) is 0 Å². The highest BCUT2D eigenvalue weighted by Gasteiger charge is 2.70. The van der Waals surface area contributed by atoms with Crippen molar-refractivity contribution in [3.05, 3.63) is 11.6 Å². The van der Waals surface area contributed by atoms with E-state index in [1.807, 2.05) is 6.92 Å². The fourth-order valence-corrected chi connectivity index (χ4v) is 7.67. The van der Waals surface area contributed by atoms with Crippen molar-refractivity contribution < 1.29 is 23.5 Å². The van der Waals surface area contributed by atoms with Crippen molar-refractivity contribution in [2.45, 2.75) is 84.4 Å². The number of hydrogen-bond acceptors (Lipinski definition) is 4. The van der Waals surface area contributed by atoms with Crippen molar-refractivity contribution in [3.63, 3.8) is 0 Å². The van der Waals surface area contributed by atoms with Gasteiger partial charge in [0.1, 0.15) is 6.17 Å². The van der Waals surface area contributed by atoms with Gasteiger partial charge in [-0.25, -0.2) is 4.39 Å². The van der Waals surface area contributed by atoms with Gasteiger partial charge in [0.2, 0.25) is 0 Å². The molecule has 0 amide bonds. The second-order valence-corrected chi connectivity index (χ2v) is 10.0. The minimum absolute atomic E-state index is 0.126. The Labute approximate surface area is 166 Å². The number of rotatable bonds is 2. The summed E-state index contributed by atoms with van der Waals surface area (Å²) >= 11 is 0. The van der Waals surface area contributed by atoms with E-state index in [4.69, 9.17) is 4.74 Å². The predicted octanol–water partition coefficient (Wildman–Crippen LogP) is 4.36. The molecule has 154 valence electrons. The van der Waals surface area contributed by atoms with Gasteiger partial charge in [-0.15, -0.1) is 0 Å². The van der Waals surface area contributed by atoms with Crippen LogP contribution in [0.4, 0.5) is 4.39 Å². The number of ketones is 2. The number of halogens is 1. The van der Waals surface area contributed by atoms with E-state index in [1.165, 1.54) is 13.8 Å². The molecule has 0 aromatic heterocycles. The molecule has 0 saturated heterocycles. The van der Waals surface area contributed by atoms with E-state index in [9.17, 15) is 14.4 Å². The number of Topliss-reactive ketones (excluding diaryl/α,β-unsaturated/α-hetero) is 1. The van der Waals surface area contributed by atoms with Gasteiger partial charge in [0.25, 0.3) is 0 Å². The van der Waals surface area contributed by atoms with Crippen molar-refractivity contribution in [1.82, 2.24) is 0 Å². The van der Waals surface area contributed by atoms with E-state index in [0.717, 1.165) is 24.8 Å². The van der Waals surface area contributed by atoms with Crippen LogP contribution in [0.3, 0.4) is 0 Å². The summed E-state index contributed by atoms with van der Waals surface area (Å²) < 4.78 is 21.6. The quantitative estimate of drug-likeness (QED) is 0.658. The molecule has 0 aromatic rings. The van der Waals surface area contributed by atoms with Crippen LogP contribution in [0.15, 0.2) is 11.6 Å². The minimum Gasteiger partial charge on any atom is -0.451 e. The van der Waals surface area contributed by atoms with Crippen molar-refractivity contribution in [3.8, 4) is 0 Å². The molecule has 4 nitrogen and oxygen atoms in total. The predicted molar refractivity (Wildman–Crippen MR) is 102 cm³/mol. The van der Waals surface area contributed by atoms with E-state index >= 15 is 4.39 Å². The van der Waals surface area contributed by atoms with Crippen LogP contribution in [0.5, 0.6) is 0 Å². The summed E-state index contributed by atoms with van der Waals surface area (Å²) in [5.41, 5.74) is -1.04. The van der Waals surface area contributed by atoms with Crippen LogP contribution in [-0.2, 0) is 19.1 Å². The molecule has 28 heavy (non-hydrogen) atoms. The molecule has 4 aliphatic carbocycles. The highest BCUT2D eigenvalue weighted by atomic mass is 19.1. The third-order valence-corrected chi connectivity index (χ3v) is 8.86. The Hall–Kier alpha value is -1.52. The van der Waals surface area contributed by atoms with Crippen molar-refractivity contribution in [1.29, 1.82) is 0 Å². The molecule has 0 radical (unpaired) electrons. The van der Waals surface area contributed by atoms with Crippen molar-refractivity contribution in [2.24, 2.45) is 28.6 Å². The molecule has 7 atom stereocenters. The molecule has 5 heteroatoms. The smallest absolute Gasteiger partial charge is 0.303 e. The molecule has 4 rings (SSSR count). The number of ether oxygens (including phenoxy) is 1. The van der Waals surface area contributed by atoms with Crippen LogP contribution in [0.25, 0.3) is 0 Å². The minimum atomic E-state index is -1.21. The van der Waals surface area contributed by atoms with Gasteiger partial charge in [0, 0.05) is 24.7 Å². The Morgan fingerprint density at radius 1 is 1.14 bits per heavy atom. The van der Waals surface area contributed by atoms with Gasteiger partial charge in [-0.2, -0.15) is 0 Å². The standard InChI is InChI=1S/C23H31FO4/c1-13(25)23(28-14(2)26)10-8-18-17-6-5-15-11-16(27)7-9-21(15,3)20(17)19(24)12-22(18,23)4/h11,17-20H,5-10,12H2,1-4H3/t17-,18-,19-,20+,21-,22-,23-/m0/s1. The Kier molecular flexibility index (Phi) is 4.41. The first-order valence-electron chi connectivity index (χ1n) is 10.6. The largest absolute Gasteiger partial charge is 0.451 e. The number of carbonyl (C=O) groups excluding carboxylic acids is 3. The molecular formula is C23H31FO4. The molecule has 3 saturated carbocycles. The fourth-order valence-electron chi connectivity index (χ4n) is 7.67. The first-order chi connectivity index (χ1) is 13.0. The highest BCUT2D eigenvalue weighted by molar-refractivity contribution is 5.91. The second-order valence-electron chi connectivity index (χ2n) is 10.0. The molecule has 0 aliphatic heterocycles. The maximum atomic E-state index is 15.9. The third-order valence-electron chi connectivity index (χ3n) is 8.86. The first kappa shape index (κ1) is 19.8. The number of carbonyl (C=O) groups is 3. The van der Waals surface area contributed by atoms with E-state index < -0.39 is 23.2 Å². The van der Waals surface area contributed by atoms with E-state index in [0.29, 0.717) is 19.3 Å². The van der Waals surface area contributed by atoms with Gasteiger partial charge in [0.15, 0.2) is 17.2 Å². The van der Waals surface area contributed by atoms with Gasteiger partial charge in [-0.3, -0.25) is 14.4 Å². The fraction of sp³-hybridized carbons (Fsp3) is 0.783. The zero-order chi connectivity index (χ0) is 20.5. The van der Waals surface area contributed by atoms with Crippen LogP contribution < -0.4 is 0 Å². The molecular weight excluding hydrogens is 359 g/mol. The first-order valence-corrected chi connectivity index (χ1v) is 10.6. The lowest BCUT2D eigenvalue weighted by Crippen LogP contribution is -2.61. The lowest BCUT2D eigenvalue weighted by molar-refractivity contribution is -0.193. The van der Waals surface area contributed by atoms with Crippen LogP contribution in [0.1, 0.15) is 72.6 Å². The summed E-state index contributed by atoms with van der Waals surface area (Å²) in [6, 6.07) is 0. The summed E-state index contributed by atoms with van der Waals surface area (Å²) in [4.78, 5) is 36.5. The monoisotopic (exact) mass is 390 g/mol. The Morgan fingerprint density at radius 2 is 1.86 bits per heavy atom. The summed E-state index contributed by atoms with van der Waals surface area (Å²) in [6.45, 7) is 6.91. The van der Waals surface area contributed by atoms with Gasteiger partial charge in [-0.05, 0) is 68.8 Å². The van der Waals surface area contributed by atoms with E-state index in [2.05, 4.69) is 6.92 Å². The SMILES string of the molecule is CC(=O)O[C@]1(C(C)=O)CC[C@H]2[C@@H]3CCC4=CC(=O)CC[C@]4(C)[C@H]3[C@@H](F)C[C@@]21C. The van der Waals surface area contributed by atoms with Crippen LogP contribution in [0, 0.1) is 28.6 Å². The second kappa shape index (κ2) is 6.24. The summed E-state index contributed by atoms with van der Waals surface area (Å²) in [5, 5.41) is 0. The molecule has 0 aromatic carbocycles. The van der Waals surface area contributed by atoms with E-state index in [-0.39, 0.29) is 41.2 Å². The summed E-state index contributed by atoms with van der Waals surface area (Å²) in [7, 11) is 0. The Morgan fingerprint density at radius 3 is 2.50 bits per heavy atom. The maximum absolute atomic E-state index is 15.9. The molecule has 0 unspecified atom stereocenters. The Bertz CT molecular complexity index is 773. The van der Waals surface area contributed by atoms with Gasteiger partial charge in [-0.1, -0.05) is 19.4 Å². The number of hydrogen-bond donors (Lipinski definition) is 0. The lowest BCUT2D eigenvalue weighted by Gasteiger charge is -2.60. The van der Waals surface area contributed by atoms with Gasteiger partial charge in [0.05, 0.1) is 0 Å². The van der Waals surface area contributed by atoms with Crippen molar-refractivity contribution >= 4 is 17.5 Å². The normalized spacial score (nSPS) is 47.5. The Balaban J connectivity index is 1.75. The molecule has 0 bridgehead atoms. The molecule has 0 N–H and O–H groups in total. The zero-order valence-corrected chi connectivity index (χ0v) is 17.3. The third kappa shape index (κ3) is 2.43. The summed E-state index contributed by atoms with van der Waals surface area (Å²) in [5.74, 6) is -0.290. The molecule has 0 spiro atoms. The topological polar surface area (TPSA) is 60.4 Å². The van der Waals surface area contributed by atoms with Crippen LogP contribution >= 0.6 is 0 Å². The number of allylic oxidation sites excluding steroid dienone is 1. The number of esters is 1. The van der Waals surface area contributed by atoms with Gasteiger partial charge < -0.3 is 4.74 Å². The number of fused-ring (bicyclic) bond motifs is 5. The summed E-state index contributed by atoms with van der Waals surface area (Å²) in [6.07, 6.45) is 5.07. The number of alkyl halides is 1. The molecule has 4 aliphatic rings. The van der Waals surface area contributed by atoms with Crippen LogP contribution in [0.2, 0.25) is 0 Å². The molecule has 0 heterocycles.